The van der Waals surface area contributed by atoms with Crippen LogP contribution in [0.4, 0.5) is 0 Å². The van der Waals surface area contributed by atoms with E-state index < -0.39 is 0 Å². The molecule has 0 aliphatic rings. The Morgan fingerprint density at radius 2 is 2.44 bits per heavy atom. The maximum Gasteiger partial charge on any atom is 0.305 e. The summed E-state index contributed by atoms with van der Waals surface area (Å²) in [5.41, 5.74) is 0. The molecule has 3 nitrogen and oxygen atoms in total. The fourth-order valence-corrected chi connectivity index (χ4v) is 0.526. The molecular weight excluding hydrogens is 233 g/mol. The molecule has 1 N–H and O–H groups in total. The molecule has 0 saturated carbocycles. The molecule has 0 atom stereocenters. The summed E-state index contributed by atoms with van der Waals surface area (Å²) in [7, 11) is 0. The molecule has 9 heavy (non-hydrogen) atoms. The zero-order valence-electron chi connectivity index (χ0n) is 5.32. The normalized spacial score (nSPS) is 9.11. The summed E-state index contributed by atoms with van der Waals surface area (Å²) in [6, 6.07) is 0. The monoisotopic (exact) mass is 243 g/mol. The molecular formula is C5H10INO2. The van der Waals surface area contributed by atoms with Crippen LogP contribution >= 0.6 is 22.9 Å². The van der Waals surface area contributed by atoms with Gasteiger partial charge >= 0.3 is 5.97 Å². The zero-order chi connectivity index (χ0) is 7.11. The van der Waals surface area contributed by atoms with Crippen LogP contribution in [-0.2, 0) is 9.53 Å². The first-order valence-corrected chi connectivity index (χ1v) is 3.88. The number of nitrogens with one attached hydrogen (secondary N) is 1. The van der Waals surface area contributed by atoms with Crippen molar-refractivity contribution < 1.29 is 9.53 Å². The summed E-state index contributed by atoms with van der Waals surface area (Å²) in [6.45, 7) is 2.96. The van der Waals surface area contributed by atoms with Gasteiger partial charge in [0, 0.05) is 35.8 Å². The van der Waals surface area contributed by atoms with Gasteiger partial charge in [-0.15, -0.1) is 0 Å². The minimum absolute atomic E-state index is 0.137. The minimum Gasteiger partial charge on any atom is -0.464 e. The van der Waals surface area contributed by atoms with E-state index in [1.165, 1.54) is 0 Å². The van der Waals surface area contributed by atoms with E-state index in [9.17, 15) is 4.79 Å². The molecule has 0 aromatic heterocycles. The van der Waals surface area contributed by atoms with E-state index in [-0.39, 0.29) is 5.97 Å². The average Bonchev–Trinajstić information content (AvgIpc) is 1.89. The third-order valence-corrected chi connectivity index (χ3v) is 1.29. The molecule has 0 bridgehead atoms. The first-order chi connectivity index (χ1) is 4.31. The number of halogens is 1. The Hall–Kier alpha value is 0.160. The van der Waals surface area contributed by atoms with Crippen molar-refractivity contribution in [2.75, 3.05) is 13.2 Å². The predicted octanol–water partition coefficient (Wildman–Crippen LogP) is 0.879. The van der Waals surface area contributed by atoms with Crippen LogP contribution in [-0.4, -0.2) is 19.1 Å². The van der Waals surface area contributed by atoms with Crippen LogP contribution in [0.2, 0.25) is 0 Å². The summed E-state index contributed by atoms with van der Waals surface area (Å²) in [5.74, 6) is -0.137. The van der Waals surface area contributed by atoms with Gasteiger partial charge in [0.2, 0.25) is 0 Å². The minimum atomic E-state index is -0.137. The highest BCUT2D eigenvalue weighted by Crippen LogP contribution is 1.82. The average molecular weight is 243 g/mol. The molecule has 0 spiro atoms. The Morgan fingerprint density at radius 3 is 2.89 bits per heavy atom. The van der Waals surface area contributed by atoms with Gasteiger partial charge < -0.3 is 4.74 Å². The topological polar surface area (TPSA) is 38.3 Å². The Morgan fingerprint density at radius 1 is 1.78 bits per heavy atom. The smallest absolute Gasteiger partial charge is 0.305 e. The first-order valence-electron chi connectivity index (χ1n) is 2.80. The molecule has 0 saturated heterocycles. The van der Waals surface area contributed by atoms with E-state index in [4.69, 9.17) is 4.74 Å². The molecule has 0 amide bonds. The number of rotatable bonds is 4. The van der Waals surface area contributed by atoms with Gasteiger partial charge in [0.05, 0.1) is 0 Å². The number of hydrogen-bond donors (Lipinski definition) is 1. The van der Waals surface area contributed by atoms with Crippen molar-refractivity contribution in [2.45, 2.75) is 13.3 Å². The van der Waals surface area contributed by atoms with Crippen LogP contribution in [0.15, 0.2) is 0 Å². The Balaban J connectivity index is 2.97. The largest absolute Gasteiger partial charge is 0.464 e. The zero-order valence-corrected chi connectivity index (χ0v) is 7.47. The van der Waals surface area contributed by atoms with Gasteiger partial charge in [-0.1, -0.05) is 6.92 Å². The molecule has 0 fully saturated rings. The second-order valence-corrected chi connectivity index (χ2v) is 2.22. The highest BCUT2D eigenvalue weighted by atomic mass is 127. The Bertz CT molecular complexity index is 87.0. The molecule has 0 aromatic carbocycles. The molecule has 0 unspecified atom stereocenters. The third kappa shape index (κ3) is 6.04. The maximum absolute atomic E-state index is 10.4. The summed E-state index contributed by atoms with van der Waals surface area (Å²) < 4.78 is 7.57. The van der Waals surface area contributed by atoms with Gasteiger partial charge in [-0.05, 0) is 0 Å². The summed E-state index contributed by atoms with van der Waals surface area (Å²) in [5, 5.41) is 0. The van der Waals surface area contributed by atoms with Crippen molar-refractivity contribution in [2.24, 2.45) is 0 Å². The third-order valence-electron chi connectivity index (χ3n) is 0.748. The summed E-state index contributed by atoms with van der Waals surface area (Å²) in [4.78, 5) is 10.4. The van der Waals surface area contributed by atoms with Crippen molar-refractivity contribution in [1.29, 1.82) is 0 Å². The van der Waals surface area contributed by atoms with Crippen LogP contribution in [0, 0.1) is 0 Å². The van der Waals surface area contributed by atoms with Gasteiger partial charge in [-0.2, -0.15) is 0 Å². The number of ether oxygens (including phenoxy) is 1. The lowest BCUT2D eigenvalue weighted by atomic mass is 10.5. The second kappa shape index (κ2) is 6.28. The van der Waals surface area contributed by atoms with Crippen molar-refractivity contribution in [3.05, 3.63) is 0 Å². The van der Waals surface area contributed by atoms with E-state index >= 15 is 0 Å². The van der Waals surface area contributed by atoms with E-state index in [0.717, 1.165) is 0 Å². The summed E-state index contributed by atoms with van der Waals surface area (Å²) >= 11 is 2.00. The standard InChI is InChI=1S/C5H10INO2/c1-2-5(8)9-4-3-7-6/h7H,2-4H2,1H3. The lowest BCUT2D eigenvalue weighted by Gasteiger charge is -1.99. The highest BCUT2D eigenvalue weighted by Gasteiger charge is 1.94. The van der Waals surface area contributed by atoms with Gasteiger partial charge in [0.1, 0.15) is 6.61 Å². The van der Waals surface area contributed by atoms with Crippen molar-refractivity contribution in [1.82, 2.24) is 3.53 Å². The molecule has 0 aliphatic carbocycles. The lowest BCUT2D eigenvalue weighted by molar-refractivity contribution is -0.142. The van der Waals surface area contributed by atoms with E-state index in [1.807, 2.05) is 22.9 Å². The predicted molar refractivity (Wildman–Crippen MR) is 43.3 cm³/mol. The number of hydrogen-bond acceptors (Lipinski definition) is 3. The van der Waals surface area contributed by atoms with Gasteiger partial charge in [-0.3, -0.25) is 8.32 Å². The molecule has 0 radical (unpaired) electrons. The van der Waals surface area contributed by atoms with Crippen LogP contribution in [0.25, 0.3) is 0 Å². The van der Waals surface area contributed by atoms with Crippen LogP contribution < -0.4 is 3.53 Å². The van der Waals surface area contributed by atoms with Crippen LogP contribution in [0.1, 0.15) is 13.3 Å². The fraction of sp³-hybridized carbons (Fsp3) is 0.800. The van der Waals surface area contributed by atoms with Crippen molar-refractivity contribution in [3.63, 3.8) is 0 Å². The molecule has 0 heterocycles. The van der Waals surface area contributed by atoms with E-state index in [2.05, 4.69) is 3.53 Å². The van der Waals surface area contributed by atoms with Gasteiger partial charge in [-0.25, -0.2) is 0 Å². The first kappa shape index (κ1) is 9.16. The van der Waals surface area contributed by atoms with E-state index in [1.54, 1.807) is 6.92 Å². The SMILES string of the molecule is CCC(=O)OCCNI. The van der Waals surface area contributed by atoms with Gasteiger partial charge in [0.25, 0.3) is 0 Å². The molecule has 4 heteroatoms. The van der Waals surface area contributed by atoms with Crippen molar-refractivity contribution in [3.8, 4) is 0 Å². The Kier molecular flexibility index (Phi) is 6.39. The van der Waals surface area contributed by atoms with Gasteiger partial charge in [0.15, 0.2) is 0 Å². The Labute approximate surface area is 68.6 Å². The van der Waals surface area contributed by atoms with Crippen LogP contribution in [0.5, 0.6) is 0 Å². The summed E-state index contributed by atoms with van der Waals surface area (Å²) in [6.07, 6.45) is 0.460. The number of carbonyl (C=O) groups excluding carboxylic acids is 1. The molecule has 54 valence electrons. The van der Waals surface area contributed by atoms with Crippen LogP contribution in [0.3, 0.4) is 0 Å². The van der Waals surface area contributed by atoms with E-state index in [0.29, 0.717) is 19.6 Å². The lowest BCUT2D eigenvalue weighted by Crippen LogP contribution is -2.12. The fourth-order valence-electron chi connectivity index (χ4n) is 0.306. The molecule has 0 aromatic rings. The number of esters is 1. The second-order valence-electron chi connectivity index (χ2n) is 1.46. The highest BCUT2D eigenvalue weighted by molar-refractivity contribution is 14.1. The molecule has 0 rings (SSSR count). The maximum atomic E-state index is 10.4. The molecule has 0 aliphatic heterocycles. The number of carbonyl (C=O) groups is 1. The van der Waals surface area contributed by atoms with Crippen molar-refractivity contribution >= 4 is 28.8 Å². The quantitative estimate of drug-likeness (QED) is 0.344.